The molecule has 1 aromatic carbocycles. The molecule has 0 aliphatic carbocycles. The van der Waals surface area contributed by atoms with Gasteiger partial charge in [0, 0.05) is 11.2 Å². The highest BCUT2D eigenvalue weighted by atomic mass is 19.1. The van der Waals surface area contributed by atoms with Gasteiger partial charge in [-0.05, 0) is 24.3 Å². The molecule has 0 saturated heterocycles. The van der Waals surface area contributed by atoms with Crippen LogP contribution in [0.5, 0.6) is 0 Å². The van der Waals surface area contributed by atoms with Crippen molar-refractivity contribution >= 4 is 24.2 Å². The highest BCUT2D eigenvalue weighted by Crippen LogP contribution is 2.07. The van der Waals surface area contributed by atoms with Crippen molar-refractivity contribution in [2.45, 2.75) is 0 Å². The molecule has 3 N–H and O–H groups in total. The maximum atomic E-state index is 13.0. The molecule has 0 spiro atoms. The van der Waals surface area contributed by atoms with E-state index in [0.717, 1.165) is 18.2 Å². The van der Waals surface area contributed by atoms with E-state index in [4.69, 9.17) is 10.0 Å². The van der Waals surface area contributed by atoms with Gasteiger partial charge in [-0.2, -0.15) is 0 Å². The van der Waals surface area contributed by atoms with Crippen molar-refractivity contribution in [2.75, 3.05) is 5.32 Å². The molecule has 0 aliphatic rings. The first-order valence-corrected chi connectivity index (χ1v) is 4.13. The van der Waals surface area contributed by atoms with Crippen LogP contribution in [0, 0.1) is 5.82 Å². The van der Waals surface area contributed by atoms with Gasteiger partial charge < -0.3 is 15.4 Å². The fourth-order valence-corrected chi connectivity index (χ4v) is 1.01. The van der Waals surface area contributed by atoms with Crippen LogP contribution in [0.4, 0.5) is 10.1 Å². The van der Waals surface area contributed by atoms with Gasteiger partial charge in [0.1, 0.15) is 5.82 Å². The molecule has 6 heteroatoms. The van der Waals surface area contributed by atoms with Gasteiger partial charge in [0.15, 0.2) is 0 Å². The molecule has 1 rings (SSSR count). The van der Waals surface area contributed by atoms with Crippen molar-refractivity contribution in [3.8, 4) is 0 Å². The minimum atomic E-state index is -1.91. The topological polar surface area (TPSA) is 69.6 Å². The van der Waals surface area contributed by atoms with Crippen LogP contribution in [-0.4, -0.2) is 23.1 Å². The predicted molar refractivity (Wildman–Crippen MR) is 55.1 cm³/mol. The summed E-state index contributed by atoms with van der Waals surface area (Å²) in [5.41, 5.74) is -0.0266. The summed E-state index contributed by atoms with van der Waals surface area (Å²) in [6.45, 7) is 3.25. The second-order valence-electron chi connectivity index (χ2n) is 2.80. The van der Waals surface area contributed by atoms with Crippen molar-refractivity contribution in [3.05, 3.63) is 36.7 Å². The van der Waals surface area contributed by atoms with E-state index in [1.54, 1.807) is 0 Å². The van der Waals surface area contributed by atoms with E-state index in [0.29, 0.717) is 0 Å². The molecule has 0 bridgehead atoms. The van der Waals surface area contributed by atoms with Crippen molar-refractivity contribution in [1.29, 1.82) is 0 Å². The lowest BCUT2D eigenvalue weighted by Crippen LogP contribution is -2.33. The van der Waals surface area contributed by atoms with Gasteiger partial charge in [0.05, 0.1) is 0 Å². The van der Waals surface area contributed by atoms with E-state index in [9.17, 15) is 9.18 Å². The van der Waals surface area contributed by atoms with Crippen molar-refractivity contribution in [2.24, 2.45) is 0 Å². The zero-order valence-corrected chi connectivity index (χ0v) is 7.77. The quantitative estimate of drug-likeness (QED) is 0.469. The summed E-state index contributed by atoms with van der Waals surface area (Å²) in [4.78, 5) is 10.9. The fourth-order valence-electron chi connectivity index (χ4n) is 1.01. The smallest absolute Gasteiger partial charge is 0.423 e. The van der Waals surface area contributed by atoms with Crippen LogP contribution in [0.15, 0.2) is 30.9 Å². The molecule has 4 nitrogen and oxygen atoms in total. The Morgan fingerprint density at radius 2 is 2.20 bits per heavy atom. The number of hydrogen-bond acceptors (Lipinski definition) is 3. The predicted octanol–water partition coefficient (Wildman–Crippen LogP) is -0.370. The Bertz CT molecular complexity index is 395. The maximum absolute atomic E-state index is 13.0. The van der Waals surface area contributed by atoms with Gasteiger partial charge in [0.25, 0.3) is 0 Å². The van der Waals surface area contributed by atoms with Crippen LogP contribution in [-0.2, 0) is 4.79 Å². The first-order valence-electron chi connectivity index (χ1n) is 4.13. The molecule has 1 aromatic rings. The molecule has 78 valence electrons. The van der Waals surface area contributed by atoms with Crippen LogP contribution < -0.4 is 10.8 Å². The molecular weight excluding hydrogens is 200 g/mol. The zero-order chi connectivity index (χ0) is 11.4. The lowest BCUT2D eigenvalue weighted by atomic mass is 9.79. The third kappa shape index (κ3) is 2.90. The van der Waals surface area contributed by atoms with Crippen LogP contribution in [0.3, 0.4) is 0 Å². The Hall–Kier alpha value is -1.66. The molecule has 0 atom stereocenters. The number of amides is 1. The van der Waals surface area contributed by atoms with Crippen molar-refractivity contribution < 1.29 is 19.2 Å². The minimum Gasteiger partial charge on any atom is -0.423 e. The van der Waals surface area contributed by atoms with Crippen LogP contribution in [0.1, 0.15) is 0 Å². The Morgan fingerprint density at radius 1 is 1.53 bits per heavy atom. The molecule has 0 aromatic heterocycles. The standard InChI is InChI=1S/C9H9BFNO3/c1-2-9(13)12-6-3-4-8(11)7(5-6)10(14)15/h2-5,14-15H,1H2,(H,12,13). The summed E-state index contributed by atoms with van der Waals surface area (Å²) >= 11 is 0. The summed E-state index contributed by atoms with van der Waals surface area (Å²) in [5, 5.41) is 20.0. The number of nitrogens with one attached hydrogen (secondary N) is 1. The molecule has 0 heterocycles. The summed E-state index contributed by atoms with van der Waals surface area (Å²) in [5.74, 6) is -1.21. The van der Waals surface area contributed by atoms with Crippen LogP contribution >= 0.6 is 0 Å². The van der Waals surface area contributed by atoms with E-state index >= 15 is 0 Å². The molecule has 0 fully saturated rings. The highest BCUT2D eigenvalue weighted by molar-refractivity contribution is 6.58. The molecular formula is C9H9BFNO3. The summed E-state index contributed by atoms with van der Waals surface area (Å²) < 4.78 is 13.0. The summed E-state index contributed by atoms with van der Waals surface area (Å²) in [6.07, 6.45) is 1.05. The SMILES string of the molecule is C=CC(=O)Nc1ccc(F)c(B(O)O)c1. The fraction of sp³-hybridized carbons (Fsp3) is 0. The van der Waals surface area contributed by atoms with Gasteiger partial charge in [0.2, 0.25) is 5.91 Å². The third-order valence-corrected chi connectivity index (χ3v) is 1.73. The second kappa shape index (κ2) is 4.72. The van der Waals surface area contributed by atoms with E-state index in [-0.39, 0.29) is 11.2 Å². The van der Waals surface area contributed by atoms with Crippen molar-refractivity contribution in [1.82, 2.24) is 0 Å². The second-order valence-corrected chi connectivity index (χ2v) is 2.80. The average molecular weight is 209 g/mol. The molecule has 15 heavy (non-hydrogen) atoms. The molecule has 0 saturated carbocycles. The Labute approximate surface area is 86.2 Å². The lowest BCUT2D eigenvalue weighted by Gasteiger charge is -2.06. The Kier molecular flexibility index (Phi) is 3.59. The average Bonchev–Trinajstić information content (AvgIpc) is 2.20. The lowest BCUT2D eigenvalue weighted by molar-refractivity contribution is -0.111. The van der Waals surface area contributed by atoms with E-state index < -0.39 is 18.8 Å². The van der Waals surface area contributed by atoms with Gasteiger partial charge in [-0.25, -0.2) is 4.39 Å². The number of carbonyl (C=O) groups is 1. The van der Waals surface area contributed by atoms with Crippen molar-refractivity contribution in [3.63, 3.8) is 0 Å². The molecule has 1 amide bonds. The van der Waals surface area contributed by atoms with E-state index in [1.807, 2.05) is 0 Å². The number of anilines is 1. The number of hydrogen-bond donors (Lipinski definition) is 3. The van der Waals surface area contributed by atoms with E-state index in [2.05, 4.69) is 11.9 Å². The minimum absolute atomic E-state index is 0.268. The molecule has 0 unspecified atom stereocenters. The number of benzene rings is 1. The van der Waals surface area contributed by atoms with Gasteiger partial charge in [-0.1, -0.05) is 6.58 Å². The molecule has 0 aliphatic heterocycles. The summed E-state index contributed by atoms with van der Waals surface area (Å²) in [7, 11) is -1.91. The molecule has 0 radical (unpaired) electrons. The van der Waals surface area contributed by atoms with E-state index in [1.165, 1.54) is 6.07 Å². The number of halogens is 1. The van der Waals surface area contributed by atoms with Gasteiger partial charge in [-0.3, -0.25) is 4.79 Å². The maximum Gasteiger partial charge on any atom is 0.491 e. The van der Waals surface area contributed by atoms with Crippen LogP contribution in [0.2, 0.25) is 0 Å². The normalized spacial score (nSPS) is 9.53. The van der Waals surface area contributed by atoms with Crippen LogP contribution in [0.25, 0.3) is 0 Å². The Morgan fingerprint density at radius 3 is 2.73 bits per heavy atom. The Balaban J connectivity index is 2.97. The van der Waals surface area contributed by atoms with Gasteiger partial charge in [-0.15, -0.1) is 0 Å². The highest BCUT2D eigenvalue weighted by Gasteiger charge is 2.16. The number of rotatable bonds is 3. The largest absolute Gasteiger partial charge is 0.491 e. The first kappa shape index (κ1) is 11.4. The first-order chi connectivity index (χ1) is 7.04. The monoisotopic (exact) mass is 209 g/mol. The zero-order valence-electron chi connectivity index (χ0n) is 7.77. The summed E-state index contributed by atoms with van der Waals surface area (Å²) in [6, 6.07) is 3.48. The third-order valence-electron chi connectivity index (χ3n) is 1.73. The number of carbonyl (C=O) groups excluding carboxylic acids is 1. The van der Waals surface area contributed by atoms with Gasteiger partial charge >= 0.3 is 7.12 Å².